The molecular formula is C11H21NO. The Morgan fingerprint density at radius 2 is 2.00 bits per heavy atom. The second kappa shape index (κ2) is 3.25. The van der Waals surface area contributed by atoms with Gasteiger partial charge in [0.05, 0.1) is 0 Å². The Balaban J connectivity index is 1.88. The molecule has 0 amide bonds. The van der Waals surface area contributed by atoms with E-state index in [1.54, 1.807) is 0 Å². The highest BCUT2D eigenvalue weighted by Gasteiger charge is 2.42. The van der Waals surface area contributed by atoms with Gasteiger partial charge in [0.25, 0.3) is 0 Å². The number of hydrogen-bond donors (Lipinski definition) is 1. The first-order chi connectivity index (χ1) is 6.12. The molecule has 1 aliphatic heterocycles. The molecule has 2 rings (SSSR count). The lowest BCUT2D eigenvalue weighted by Crippen LogP contribution is -2.58. The molecule has 0 bridgehead atoms. The van der Waals surface area contributed by atoms with Gasteiger partial charge < -0.3 is 5.11 Å². The first kappa shape index (κ1) is 9.47. The van der Waals surface area contributed by atoms with Gasteiger partial charge in [-0.05, 0) is 24.2 Å². The fourth-order valence-electron chi connectivity index (χ4n) is 3.00. The van der Waals surface area contributed by atoms with E-state index in [1.165, 1.54) is 32.4 Å². The zero-order chi connectivity index (χ0) is 9.47. The van der Waals surface area contributed by atoms with Crippen molar-refractivity contribution in [2.24, 2.45) is 11.3 Å². The second-order valence-electron chi connectivity index (χ2n) is 5.51. The van der Waals surface area contributed by atoms with Crippen molar-refractivity contribution in [2.75, 3.05) is 19.7 Å². The van der Waals surface area contributed by atoms with Crippen molar-refractivity contribution < 1.29 is 5.11 Å². The molecule has 2 aliphatic rings. The van der Waals surface area contributed by atoms with Crippen molar-refractivity contribution in [3.05, 3.63) is 0 Å². The van der Waals surface area contributed by atoms with E-state index in [9.17, 15) is 5.11 Å². The van der Waals surface area contributed by atoms with Crippen LogP contribution in [-0.4, -0.2) is 35.7 Å². The van der Waals surface area contributed by atoms with E-state index >= 15 is 0 Å². The fourth-order valence-corrected chi connectivity index (χ4v) is 3.00. The summed E-state index contributed by atoms with van der Waals surface area (Å²) in [5, 5.41) is 9.21. The first-order valence-electron chi connectivity index (χ1n) is 5.47. The monoisotopic (exact) mass is 183 g/mol. The maximum atomic E-state index is 9.21. The molecule has 1 N–H and O–H groups in total. The Hall–Kier alpha value is -0.0800. The predicted molar refractivity (Wildman–Crippen MR) is 53.6 cm³/mol. The van der Waals surface area contributed by atoms with Crippen LogP contribution in [0, 0.1) is 11.3 Å². The molecule has 0 spiro atoms. The van der Waals surface area contributed by atoms with Crippen molar-refractivity contribution >= 4 is 0 Å². The van der Waals surface area contributed by atoms with E-state index in [1.807, 2.05) is 0 Å². The minimum atomic E-state index is 0.390. The number of hydrogen-bond acceptors (Lipinski definition) is 2. The summed E-state index contributed by atoms with van der Waals surface area (Å²) in [4.78, 5) is 2.56. The Kier molecular flexibility index (Phi) is 2.37. The Bertz CT molecular complexity index is 183. The molecule has 2 fully saturated rings. The van der Waals surface area contributed by atoms with Gasteiger partial charge in [-0.15, -0.1) is 0 Å². The van der Waals surface area contributed by atoms with E-state index in [4.69, 9.17) is 0 Å². The topological polar surface area (TPSA) is 23.5 Å². The first-order valence-corrected chi connectivity index (χ1v) is 5.47. The lowest BCUT2D eigenvalue weighted by atomic mass is 9.82. The molecule has 0 unspecified atom stereocenters. The van der Waals surface area contributed by atoms with Gasteiger partial charge >= 0.3 is 0 Å². The number of likely N-dealkylation sites (tertiary alicyclic amines) is 1. The Morgan fingerprint density at radius 1 is 1.31 bits per heavy atom. The summed E-state index contributed by atoms with van der Waals surface area (Å²) in [5.41, 5.74) is 0.530. The van der Waals surface area contributed by atoms with Crippen LogP contribution in [-0.2, 0) is 0 Å². The van der Waals surface area contributed by atoms with Crippen molar-refractivity contribution in [1.29, 1.82) is 0 Å². The van der Waals surface area contributed by atoms with Gasteiger partial charge in [-0.25, -0.2) is 0 Å². The van der Waals surface area contributed by atoms with Gasteiger partial charge in [0.15, 0.2) is 0 Å². The van der Waals surface area contributed by atoms with Crippen LogP contribution in [0.5, 0.6) is 0 Å². The zero-order valence-electron chi connectivity index (χ0n) is 8.79. The van der Waals surface area contributed by atoms with Gasteiger partial charge in [0.1, 0.15) is 0 Å². The average molecular weight is 183 g/mol. The van der Waals surface area contributed by atoms with E-state index in [2.05, 4.69) is 18.7 Å². The summed E-state index contributed by atoms with van der Waals surface area (Å²) in [6.45, 7) is 7.50. The van der Waals surface area contributed by atoms with Crippen LogP contribution in [0.2, 0.25) is 0 Å². The van der Waals surface area contributed by atoms with E-state index in [0.717, 1.165) is 0 Å². The quantitative estimate of drug-likeness (QED) is 0.701. The van der Waals surface area contributed by atoms with Crippen LogP contribution in [0.1, 0.15) is 33.1 Å². The normalized spacial score (nSPS) is 39.0. The van der Waals surface area contributed by atoms with Crippen LogP contribution in [0.3, 0.4) is 0 Å². The SMILES string of the molecule is CC1(C)CN([C@@H]2CCC[C@@H]2CO)C1. The molecule has 0 aromatic heterocycles. The van der Waals surface area contributed by atoms with Crippen molar-refractivity contribution in [1.82, 2.24) is 4.90 Å². The van der Waals surface area contributed by atoms with Gasteiger partial charge in [0.2, 0.25) is 0 Å². The standard InChI is InChI=1S/C11H21NO/c1-11(2)7-12(8-11)10-5-3-4-9(10)6-13/h9-10,13H,3-8H2,1-2H3/t9-,10-/m1/s1. The molecule has 2 heteroatoms. The van der Waals surface area contributed by atoms with Crippen LogP contribution < -0.4 is 0 Å². The third-order valence-corrected chi connectivity index (χ3v) is 3.58. The molecule has 13 heavy (non-hydrogen) atoms. The predicted octanol–water partition coefficient (Wildman–Crippen LogP) is 1.49. The average Bonchev–Trinajstić information content (AvgIpc) is 2.46. The molecule has 0 radical (unpaired) electrons. The summed E-state index contributed by atoms with van der Waals surface area (Å²) in [5.74, 6) is 0.566. The molecule has 1 heterocycles. The lowest BCUT2D eigenvalue weighted by Gasteiger charge is -2.50. The van der Waals surface area contributed by atoms with Crippen LogP contribution in [0.15, 0.2) is 0 Å². The highest BCUT2D eigenvalue weighted by molar-refractivity contribution is 4.95. The smallest absolute Gasteiger partial charge is 0.0474 e. The highest BCUT2D eigenvalue weighted by Crippen LogP contribution is 2.38. The molecular weight excluding hydrogens is 162 g/mol. The molecule has 76 valence electrons. The molecule has 1 aliphatic carbocycles. The second-order valence-corrected chi connectivity index (χ2v) is 5.51. The molecule has 1 saturated heterocycles. The van der Waals surface area contributed by atoms with Crippen LogP contribution in [0.4, 0.5) is 0 Å². The molecule has 0 aromatic rings. The third kappa shape index (κ3) is 1.75. The molecule has 0 aromatic carbocycles. The zero-order valence-corrected chi connectivity index (χ0v) is 8.79. The summed E-state index contributed by atoms with van der Waals surface area (Å²) in [7, 11) is 0. The summed E-state index contributed by atoms with van der Waals surface area (Å²) in [6, 6.07) is 0.693. The van der Waals surface area contributed by atoms with Crippen LogP contribution >= 0.6 is 0 Å². The summed E-state index contributed by atoms with van der Waals surface area (Å²) in [6.07, 6.45) is 3.85. The maximum Gasteiger partial charge on any atom is 0.0474 e. The minimum absolute atomic E-state index is 0.390. The summed E-state index contributed by atoms with van der Waals surface area (Å²) >= 11 is 0. The highest BCUT2D eigenvalue weighted by atomic mass is 16.3. The maximum absolute atomic E-state index is 9.21. The van der Waals surface area contributed by atoms with E-state index in [-0.39, 0.29) is 0 Å². The van der Waals surface area contributed by atoms with Gasteiger partial charge in [-0.3, -0.25) is 4.90 Å². The number of nitrogens with zero attached hydrogens (tertiary/aromatic N) is 1. The Morgan fingerprint density at radius 3 is 2.54 bits per heavy atom. The third-order valence-electron chi connectivity index (χ3n) is 3.58. The number of rotatable bonds is 2. The van der Waals surface area contributed by atoms with Gasteiger partial charge in [-0.2, -0.15) is 0 Å². The van der Waals surface area contributed by atoms with Crippen molar-refractivity contribution in [2.45, 2.75) is 39.2 Å². The number of aliphatic hydroxyl groups excluding tert-OH is 1. The van der Waals surface area contributed by atoms with E-state index < -0.39 is 0 Å². The minimum Gasteiger partial charge on any atom is -0.396 e. The van der Waals surface area contributed by atoms with Gasteiger partial charge in [0, 0.05) is 25.7 Å². The summed E-state index contributed by atoms with van der Waals surface area (Å²) < 4.78 is 0. The lowest BCUT2D eigenvalue weighted by molar-refractivity contribution is -0.0258. The van der Waals surface area contributed by atoms with Crippen LogP contribution in [0.25, 0.3) is 0 Å². The molecule has 2 atom stereocenters. The molecule has 2 nitrogen and oxygen atoms in total. The van der Waals surface area contributed by atoms with E-state index in [0.29, 0.717) is 24.0 Å². The van der Waals surface area contributed by atoms with Crippen molar-refractivity contribution in [3.63, 3.8) is 0 Å². The molecule has 1 saturated carbocycles. The largest absolute Gasteiger partial charge is 0.396 e. The van der Waals surface area contributed by atoms with Gasteiger partial charge in [-0.1, -0.05) is 20.3 Å². The fraction of sp³-hybridized carbons (Fsp3) is 1.00. The van der Waals surface area contributed by atoms with Crippen molar-refractivity contribution in [3.8, 4) is 0 Å². The number of aliphatic hydroxyl groups is 1. The Labute approximate surface area is 80.9 Å².